The molecule has 5 rings (SSSR count). The van der Waals surface area contributed by atoms with E-state index < -0.39 is 0 Å². The summed E-state index contributed by atoms with van der Waals surface area (Å²) in [5.74, 6) is 1.25. The minimum atomic E-state index is -0.384. The standard InChI is InChI=1S/C22H23FN4O2.ClH/c1-13-22(28)26-25-21-12-29-20-11-17(15-4-2-3-5-18(15)23)16(10-19(20)27(13)21)14-6-8-24-9-7-14;/h2-5,10-11,13-14,24H,6-9,12H2,1H3,(H,26,28);1H/t13-;/m1./s1. The fourth-order valence-electron chi connectivity index (χ4n) is 4.47. The Kier molecular flexibility index (Phi) is 5.66. The van der Waals surface area contributed by atoms with Crippen molar-refractivity contribution < 1.29 is 13.9 Å². The fourth-order valence-corrected chi connectivity index (χ4v) is 4.47. The van der Waals surface area contributed by atoms with Crippen molar-refractivity contribution in [2.45, 2.75) is 31.7 Å². The van der Waals surface area contributed by atoms with Gasteiger partial charge in [-0.1, -0.05) is 18.2 Å². The van der Waals surface area contributed by atoms with Gasteiger partial charge in [0.05, 0.1) is 5.69 Å². The van der Waals surface area contributed by atoms with Crippen molar-refractivity contribution in [3.63, 3.8) is 0 Å². The van der Waals surface area contributed by atoms with Gasteiger partial charge in [0.2, 0.25) is 0 Å². The van der Waals surface area contributed by atoms with Crippen molar-refractivity contribution in [2.24, 2.45) is 5.10 Å². The Hall–Kier alpha value is -2.64. The molecule has 1 fully saturated rings. The van der Waals surface area contributed by atoms with Crippen LogP contribution in [0, 0.1) is 5.82 Å². The molecule has 3 heterocycles. The Labute approximate surface area is 180 Å². The zero-order valence-electron chi connectivity index (χ0n) is 16.7. The molecule has 1 atom stereocenters. The number of nitrogens with one attached hydrogen (secondary N) is 2. The van der Waals surface area contributed by atoms with Crippen LogP contribution in [0.25, 0.3) is 11.1 Å². The number of benzene rings is 2. The number of rotatable bonds is 2. The van der Waals surface area contributed by atoms with Crippen molar-refractivity contribution >= 4 is 29.8 Å². The summed E-state index contributed by atoms with van der Waals surface area (Å²) in [5.41, 5.74) is 5.92. The van der Waals surface area contributed by atoms with Crippen molar-refractivity contribution in [1.82, 2.24) is 10.7 Å². The van der Waals surface area contributed by atoms with E-state index in [-0.39, 0.29) is 36.8 Å². The van der Waals surface area contributed by atoms with Crippen LogP contribution in [0.15, 0.2) is 41.5 Å². The molecule has 0 radical (unpaired) electrons. The van der Waals surface area contributed by atoms with Crippen LogP contribution in [0.5, 0.6) is 5.75 Å². The highest BCUT2D eigenvalue weighted by atomic mass is 35.5. The third-order valence-electron chi connectivity index (χ3n) is 6.03. The van der Waals surface area contributed by atoms with E-state index in [0.717, 1.165) is 42.7 Å². The van der Waals surface area contributed by atoms with Crippen LogP contribution < -0.4 is 20.4 Å². The van der Waals surface area contributed by atoms with Gasteiger partial charge in [-0.25, -0.2) is 9.82 Å². The van der Waals surface area contributed by atoms with E-state index in [4.69, 9.17) is 4.74 Å². The first-order valence-corrected chi connectivity index (χ1v) is 10.1. The number of hydrazone groups is 1. The Bertz CT molecular complexity index is 1010. The maximum Gasteiger partial charge on any atom is 0.262 e. The van der Waals surface area contributed by atoms with Gasteiger partial charge in [0.25, 0.3) is 5.91 Å². The molecule has 0 unspecified atom stereocenters. The molecule has 0 aromatic heterocycles. The van der Waals surface area contributed by atoms with Gasteiger partial charge in [0, 0.05) is 5.56 Å². The van der Waals surface area contributed by atoms with Gasteiger partial charge >= 0.3 is 0 Å². The third-order valence-corrected chi connectivity index (χ3v) is 6.03. The second-order valence-corrected chi connectivity index (χ2v) is 7.75. The molecule has 3 aliphatic rings. The van der Waals surface area contributed by atoms with E-state index in [9.17, 15) is 9.18 Å². The van der Waals surface area contributed by atoms with Gasteiger partial charge in [0.1, 0.15) is 24.2 Å². The predicted molar refractivity (Wildman–Crippen MR) is 117 cm³/mol. The number of hydrogen-bond acceptors (Lipinski definition) is 5. The molecule has 158 valence electrons. The summed E-state index contributed by atoms with van der Waals surface area (Å²) in [4.78, 5) is 14.2. The summed E-state index contributed by atoms with van der Waals surface area (Å²) in [5, 5.41) is 7.56. The van der Waals surface area contributed by atoms with Crippen LogP contribution in [0.3, 0.4) is 0 Å². The summed E-state index contributed by atoms with van der Waals surface area (Å²) in [7, 11) is 0. The lowest BCUT2D eigenvalue weighted by Crippen LogP contribution is -2.55. The molecule has 6 nitrogen and oxygen atoms in total. The molecule has 3 aliphatic heterocycles. The number of anilines is 1. The number of fused-ring (bicyclic) bond motifs is 3. The topological polar surface area (TPSA) is 66.0 Å². The molecule has 30 heavy (non-hydrogen) atoms. The number of amidine groups is 1. The molecular weight excluding hydrogens is 407 g/mol. The largest absolute Gasteiger partial charge is 0.483 e. The summed E-state index contributed by atoms with van der Waals surface area (Å²) in [6, 6.07) is 10.5. The minimum Gasteiger partial charge on any atom is -0.483 e. The number of amides is 1. The molecule has 0 bridgehead atoms. The molecule has 2 aromatic carbocycles. The number of nitrogens with zero attached hydrogens (tertiary/aromatic N) is 2. The lowest BCUT2D eigenvalue weighted by Gasteiger charge is -2.39. The molecule has 0 saturated carbocycles. The molecule has 8 heteroatoms. The number of ether oxygens (including phenoxy) is 1. The Balaban J connectivity index is 0.00000218. The Morgan fingerprint density at radius 3 is 2.70 bits per heavy atom. The SMILES string of the molecule is C[C@@H]1C(=O)NN=C2COc3cc(-c4ccccc4F)c(C4CCNCC4)cc3N21.Cl. The maximum atomic E-state index is 14.7. The van der Waals surface area contributed by atoms with E-state index in [1.165, 1.54) is 6.07 Å². The molecule has 2 aromatic rings. The van der Waals surface area contributed by atoms with Crippen LogP contribution in [0.2, 0.25) is 0 Å². The molecular formula is C22H24ClFN4O2. The molecule has 0 spiro atoms. The average molecular weight is 431 g/mol. The second kappa shape index (κ2) is 8.24. The van der Waals surface area contributed by atoms with Crippen LogP contribution >= 0.6 is 12.4 Å². The predicted octanol–water partition coefficient (Wildman–Crippen LogP) is 3.41. The second-order valence-electron chi connectivity index (χ2n) is 7.75. The number of halogens is 2. The number of piperidine rings is 1. The van der Waals surface area contributed by atoms with Crippen molar-refractivity contribution in [1.29, 1.82) is 0 Å². The Morgan fingerprint density at radius 1 is 1.17 bits per heavy atom. The quantitative estimate of drug-likeness (QED) is 0.766. The molecule has 1 saturated heterocycles. The normalized spacial score (nSPS) is 20.9. The van der Waals surface area contributed by atoms with Gasteiger partial charge < -0.3 is 15.0 Å². The first-order valence-electron chi connectivity index (χ1n) is 10.1. The average Bonchev–Trinajstić information content (AvgIpc) is 2.76. The number of carbonyl (C=O) groups is 1. The van der Waals surface area contributed by atoms with E-state index in [1.807, 2.05) is 30.0 Å². The van der Waals surface area contributed by atoms with Crippen LogP contribution in [-0.2, 0) is 4.79 Å². The molecule has 2 N–H and O–H groups in total. The van der Waals surface area contributed by atoms with E-state index in [0.29, 0.717) is 23.1 Å². The molecule has 0 aliphatic carbocycles. The van der Waals surface area contributed by atoms with Crippen molar-refractivity contribution in [3.05, 3.63) is 47.8 Å². The van der Waals surface area contributed by atoms with Crippen LogP contribution in [0.1, 0.15) is 31.2 Å². The third kappa shape index (κ3) is 3.42. The summed E-state index contributed by atoms with van der Waals surface area (Å²) >= 11 is 0. The zero-order chi connectivity index (χ0) is 20.0. The number of hydrogen-bond donors (Lipinski definition) is 2. The smallest absolute Gasteiger partial charge is 0.262 e. The highest BCUT2D eigenvalue weighted by molar-refractivity contribution is 6.09. The summed E-state index contributed by atoms with van der Waals surface area (Å²) < 4.78 is 20.7. The van der Waals surface area contributed by atoms with Gasteiger partial charge in [0.15, 0.2) is 5.84 Å². The zero-order valence-corrected chi connectivity index (χ0v) is 17.5. The first kappa shape index (κ1) is 20.6. The van der Waals surface area contributed by atoms with Crippen molar-refractivity contribution in [3.8, 4) is 16.9 Å². The van der Waals surface area contributed by atoms with E-state index >= 15 is 0 Å². The lowest BCUT2D eigenvalue weighted by molar-refractivity contribution is -0.122. The minimum absolute atomic E-state index is 0. The summed E-state index contributed by atoms with van der Waals surface area (Å²) in [6.45, 7) is 3.99. The Morgan fingerprint density at radius 2 is 1.93 bits per heavy atom. The number of carbonyl (C=O) groups excluding carboxylic acids is 1. The highest BCUT2D eigenvalue weighted by Gasteiger charge is 2.36. The van der Waals surface area contributed by atoms with Gasteiger partial charge in [-0.2, -0.15) is 5.10 Å². The lowest BCUT2D eigenvalue weighted by atomic mass is 9.84. The fraction of sp³-hybridized carbons (Fsp3) is 0.364. The van der Waals surface area contributed by atoms with E-state index in [1.54, 1.807) is 6.07 Å². The van der Waals surface area contributed by atoms with Gasteiger partial charge in [-0.3, -0.25) is 4.79 Å². The molecule has 1 amide bonds. The van der Waals surface area contributed by atoms with Crippen LogP contribution in [0.4, 0.5) is 10.1 Å². The first-order chi connectivity index (χ1) is 14.1. The maximum absolute atomic E-state index is 14.7. The monoisotopic (exact) mass is 430 g/mol. The van der Waals surface area contributed by atoms with Crippen LogP contribution in [-0.4, -0.2) is 37.5 Å². The summed E-state index contributed by atoms with van der Waals surface area (Å²) in [6.07, 6.45) is 1.97. The van der Waals surface area contributed by atoms with Gasteiger partial charge in [-0.15, -0.1) is 12.4 Å². The highest BCUT2D eigenvalue weighted by Crippen LogP contribution is 2.44. The van der Waals surface area contributed by atoms with E-state index in [2.05, 4.69) is 21.9 Å². The van der Waals surface area contributed by atoms with Gasteiger partial charge in [-0.05, 0) is 68.1 Å². The van der Waals surface area contributed by atoms with Crippen molar-refractivity contribution in [2.75, 3.05) is 24.6 Å².